The number of nitrogens with zero attached hydrogens (tertiary/aromatic N) is 2. The third kappa shape index (κ3) is 6.07. The van der Waals surface area contributed by atoms with Crippen LogP contribution in [-0.4, -0.2) is 73.0 Å². The van der Waals surface area contributed by atoms with Crippen LogP contribution in [0.3, 0.4) is 0 Å². The van der Waals surface area contributed by atoms with Crippen LogP contribution in [0.4, 0.5) is 9.18 Å². The molecule has 36 heavy (non-hydrogen) atoms. The minimum absolute atomic E-state index is 0.0528. The molecule has 6 nitrogen and oxygen atoms in total. The maximum atomic E-state index is 15.4. The highest BCUT2D eigenvalue weighted by molar-refractivity contribution is 5.75. The zero-order valence-corrected chi connectivity index (χ0v) is 21.5. The molecule has 0 spiro atoms. The fourth-order valence-corrected chi connectivity index (χ4v) is 5.89. The molecule has 0 radical (unpaired) electrons. The Morgan fingerprint density at radius 2 is 1.97 bits per heavy atom. The molecule has 0 aliphatic carbocycles. The number of ether oxygens (including phenoxy) is 1. The highest BCUT2D eigenvalue weighted by Crippen LogP contribution is 2.41. The lowest BCUT2D eigenvalue weighted by molar-refractivity contribution is 0.119. The number of amides is 2. The summed E-state index contributed by atoms with van der Waals surface area (Å²) in [6.07, 6.45) is 4.05. The van der Waals surface area contributed by atoms with Crippen LogP contribution in [0.25, 0.3) is 11.1 Å². The number of piperidine rings is 1. The van der Waals surface area contributed by atoms with Gasteiger partial charge in [0.15, 0.2) is 0 Å². The third-order valence-corrected chi connectivity index (χ3v) is 7.77. The first kappa shape index (κ1) is 26.6. The molecule has 4 atom stereocenters. The molecular formula is C29H40FN3O3. The number of aliphatic hydroxyl groups is 1. The Morgan fingerprint density at radius 3 is 2.69 bits per heavy atom. The number of carbonyl (C=O) groups excluding carboxylic acids is 1. The first-order chi connectivity index (χ1) is 17.4. The van der Waals surface area contributed by atoms with Gasteiger partial charge in [0, 0.05) is 51.5 Å². The van der Waals surface area contributed by atoms with Crippen molar-refractivity contribution in [2.24, 2.45) is 11.7 Å². The van der Waals surface area contributed by atoms with Crippen LogP contribution in [0.2, 0.25) is 0 Å². The Kier molecular flexibility index (Phi) is 8.99. The molecule has 7 heteroatoms. The van der Waals surface area contributed by atoms with Gasteiger partial charge in [-0.3, -0.25) is 0 Å². The van der Waals surface area contributed by atoms with Crippen LogP contribution >= 0.6 is 0 Å². The third-order valence-electron chi connectivity index (χ3n) is 7.77. The number of rotatable bonds is 8. The van der Waals surface area contributed by atoms with Crippen LogP contribution in [0.1, 0.15) is 49.1 Å². The fraction of sp³-hybridized carbons (Fsp3) is 0.552. The second-order valence-electron chi connectivity index (χ2n) is 10.4. The topological polar surface area (TPSA) is 79.0 Å². The van der Waals surface area contributed by atoms with E-state index in [0.29, 0.717) is 31.8 Å². The molecule has 2 aromatic rings. The van der Waals surface area contributed by atoms with E-state index < -0.39 is 12.1 Å². The molecule has 0 bridgehead atoms. The summed E-state index contributed by atoms with van der Waals surface area (Å²) < 4.78 is 20.7. The summed E-state index contributed by atoms with van der Waals surface area (Å²) in [6.45, 7) is 4.71. The molecule has 3 N–H and O–H groups in total. The second-order valence-corrected chi connectivity index (χ2v) is 10.4. The maximum absolute atomic E-state index is 15.4. The first-order valence-corrected chi connectivity index (χ1v) is 13.2. The van der Waals surface area contributed by atoms with E-state index in [1.54, 1.807) is 18.1 Å². The molecule has 2 saturated heterocycles. The largest absolute Gasteiger partial charge is 0.390 e. The number of nitrogens with two attached hydrogens (primary N) is 1. The molecule has 2 fully saturated rings. The number of likely N-dealkylation sites (tertiary alicyclic amines) is 2. The van der Waals surface area contributed by atoms with Crippen LogP contribution in [0.15, 0.2) is 42.5 Å². The van der Waals surface area contributed by atoms with E-state index in [4.69, 9.17) is 10.5 Å². The SMILES string of the molecule is COCCCC[C@@H](c1cccc(F)c1-c1cccc(C)c1)C1CCCN(C(=O)N2C[C@@H](N)[C@@H](O)C2)C1. The molecule has 2 aliphatic rings. The molecule has 196 valence electrons. The number of halogens is 1. The molecule has 4 rings (SSSR count). The van der Waals surface area contributed by atoms with Crippen molar-refractivity contribution >= 4 is 6.03 Å². The van der Waals surface area contributed by atoms with Gasteiger partial charge in [-0.25, -0.2) is 9.18 Å². The van der Waals surface area contributed by atoms with E-state index in [1.165, 1.54) is 0 Å². The zero-order chi connectivity index (χ0) is 25.7. The van der Waals surface area contributed by atoms with Crippen molar-refractivity contribution in [3.8, 4) is 11.1 Å². The normalized spacial score (nSPS) is 23.2. The number of aryl methyl sites for hydroxylation is 1. The summed E-state index contributed by atoms with van der Waals surface area (Å²) in [5.74, 6) is 0.135. The van der Waals surface area contributed by atoms with E-state index in [1.807, 2.05) is 42.2 Å². The van der Waals surface area contributed by atoms with Crippen molar-refractivity contribution in [3.63, 3.8) is 0 Å². The number of hydrogen-bond donors (Lipinski definition) is 2. The first-order valence-electron chi connectivity index (χ1n) is 13.2. The van der Waals surface area contributed by atoms with Crippen molar-refractivity contribution in [1.29, 1.82) is 0 Å². The lowest BCUT2D eigenvalue weighted by atomic mass is 9.75. The van der Waals surface area contributed by atoms with Gasteiger partial charge in [-0.15, -0.1) is 0 Å². The number of β-amino-alcohol motifs (C(OH)–C–C–N with tert-alkyl or cyclic N) is 1. The van der Waals surface area contributed by atoms with Gasteiger partial charge in [-0.2, -0.15) is 0 Å². The number of aliphatic hydroxyl groups excluding tert-OH is 1. The van der Waals surface area contributed by atoms with Crippen molar-refractivity contribution in [2.75, 3.05) is 39.9 Å². The minimum atomic E-state index is -0.674. The Balaban J connectivity index is 1.62. The van der Waals surface area contributed by atoms with Crippen LogP contribution in [-0.2, 0) is 4.74 Å². The number of methoxy groups -OCH3 is 1. The Morgan fingerprint density at radius 1 is 1.17 bits per heavy atom. The Hall–Kier alpha value is -2.48. The summed E-state index contributed by atoms with van der Waals surface area (Å²) >= 11 is 0. The van der Waals surface area contributed by atoms with Gasteiger partial charge in [-0.1, -0.05) is 48.4 Å². The van der Waals surface area contributed by atoms with Crippen molar-refractivity contribution < 1.29 is 19.0 Å². The van der Waals surface area contributed by atoms with Crippen LogP contribution < -0.4 is 5.73 Å². The van der Waals surface area contributed by atoms with Gasteiger partial charge in [0.05, 0.1) is 6.10 Å². The molecule has 0 saturated carbocycles. The summed E-state index contributed by atoms with van der Waals surface area (Å²) in [4.78, 5) is 16.9. The van der Waals surface area contributed by atoms with E-state index in [9.17, 15) is 9.90 Å². The Bertz CT molecular complexity index is 1020. The van der Waals surface area contributed by atoms with Crippen molar-refractivity contribution in [2.45, 2.75) is 57.1 Å². The molecule has 2 aromatic carbocycles. The molecule has 1 unspecified atom stereocenters. The predicted molar refractivity (Wildman–Crippen MR) is 140 cm³/mol. The van der Waals surface area contributed by atoms with E-state index in [0.717, 1.165) is 48.8 Å². The smallest absolute Gasteiger partial charge is 0.320 e. The maximum Gasteiger partial charge on any atom is 0.320 e. The number of unbranched alkanes of at least 4 members (excludes halogenated alkanes) is 1. The van der Waals surface area contributed by atoms with E-state index >= 15 is 4.39 Å². The van der Waals surface area contributed by atoms with Gasteiger partial charge >= 0.3 is 6.03 Å². The van der Waals surface area contributed by atoms with Gasteiger partial charge in [-0.05, 0) is 61.6 Å². The molecular weight excluding hydrogens is 457 g/mol. The molecule has 2 amide bonds. The highest BCUT2D eigenvalue weighted by atomic mass is 19.1. The number of hydrogen-bond acceptors (Lipinski definition) is 4. The summed E-state index contributed by atoms with van der Waals surface area (Å²) in [6, 6.07) is 13.0. The zero-order valence-electron chi connectivity index (χ0n) is 21.5. The highest BCUT2D eigenvalue weighted by Gasteiger charge is 2.37. The molecule has 2 heterocycles. The van der Waals surface area contributed by atoms with Gasteiger partial charge < -0.3 is 25.4 Å². The van der Waals surface area contributed by atoms with Gasteiger partial charge in [0.2, 0.25) is 0 Å². The van der Waals surface area contributed by atoms with Crippen molar-refractivity contribution in [3.05, 3.63) is 59.4 Å². The monoisotopic (exact) mass is 497 g/mol. The average molecular weight is 498 g/mol. The average Bonchev–Trinajstić information content (AvgIpc) is 3.21. The lowest BCUT2D eigenvalue weighted by Gasteiger charge is -2.39. The standard InChI is InChI=1S/C29H40FN3O3/c1-20-8-5-9-21(16-20)28-24(12-6-13-25(28)30)23(11-3-4-15-36-2)22-10-7-14-32(17-22)29(35)33-18-26(31)27(34)19-33/h5-6,8-9,12-13,16,22-23,26-27,34H,3-4,7,10-11,14-15,17-19,31H2,1-2H3/t22?,23-,26-,27+/m1/s1. The fourth-order valence-electron chi connectivity index (χ4n) is 5.89. The number of carbonyl (C=O) groups is 1. The van der Waals surface area contributed by atoms with E-state index in [2.05, 4.69) is 6.07 Å². The van der Waals surface area contributed by atoms with E-state index in [-0.39, 0.29) is 30.2 Å². The van der Waals surface area contributed by atoms with Crippen molar-refractivity contribution in [1.82, 2.24) is 9.80 Å². The van der Waals surface area contributed by atoms with Crippen LogP contribution in [0.5, 0.6) is 0 Å². The predicted octanol–water partition coefficient (Wildman–Crippen LogP) is 4.54. The second kappa shape index (κ2) is 12.2. The Labute approximate surface area is 214 Å². The summed E-state index contributed by atoms with van der Waals surface area (Å²) in [7, 11) is 1.71. The van der Waals surface area contributed by atoms with Gasteiger partial charge in [0.25, 0.3) is 0 Å². The minimum Gasteiger partial charge on any atom is -0.390 e. The summed E-state index contributed by atoms with van der Waals surface area (Å²) in [5.41, 5.74) is 9.65. The van der Waals surface area contributed by atoms with Gasteiger partial charge in [0.1, 0.15) is 5.82 Å². The summed E-state index contributed by atoms with van der Waals surface area (Å²) in [5, 5.41) is 10.0. The number of benzene rings is 2. The lowest BCUT2D eigenvalue weighted by Crippen LogP contribution is -2.48. The number of urea groups is 1. The molecule has 0 aromatic heterocycles. The molecule has 2 aliphatic heterocycles. The van der Waals surface area contributed by atoms with Crippen LogP contribution in [0, 0.1) is 18.7 Å². The quantitative estimate of drug-likeness (QED) is 0.525.